The van der Waals surface area contributed by atoms with Crippen LogP contribution >= 0.6 is 0 Å². The predicted molar refractivity (Wildman–Crippen MR) is 66.4 cm³/mol. The first-order chi connectivity index (χ1) is 7.77. The maximum Gasteiger partial charge on any atom is 0.0785 e. The lowest BCUT2D eigenvalue weighted by atomic mass is 10.1. The van der Waals surface area contributed by atoms with Crippen molar-refractivity contribution in [3.05, 3.63) is 12.7 Å². The summed E-state index contributed by atoms with van der Waals surface area (Å²) in [5.74, 6) is 0.861. The van der Waals surface area contributed by atoms with Gasteiger partial charge in [0.25, 0.3) is 0 Å². The lowest BCUT2D eigenvalue weighted by Crippen LogP contribution is -2.34. The van der Waals surface area contributed by atoms with Gasteiger partial charge in [0.15, 0.2) is 0 Å². The second-order valence-corrected chi connectivity index (χ2v) is 4.66. The van der Waals surface area contributed by atoms with E-state index < -0.39 is 0 Å². The van der Waals surface area contributed by atoms with Crippen molar-refractivity contribution in [2.75, 3.05) is 20.3 Å². The number of rotatable bonds is 10. The molecule has 2 atom stereocenters. The Morgan fingerprint density at radius 1 is 1.50 bits per heavy atom. The molecule has 94 valence electrons. The van der Waals surface area contributed by atoms with Gasteiger partial charge in [-0.2, -0.15) is 0 Å². The van der Waals surface area contributed by atoms with Crippen molar-refractivity contribution in [3.63, 3.8) is 0 Å². The number of hydrogen-bond donors (Lipinski definition) is 2. The zero-order chi connectivity index (χ0) is 11.8. The average Bonchev–Trinajstić information content (AvgIpc) is 3.07. The molecule has 0 aromatic carbocycles. The number of ether oxygens (including phenoxy) is 1. The Morgan fingerprint density at radius 3 is 2.81 bits per heavy atom. The van der Waals surface area contributed by atoms with Crippen molar-refractivity contribution in [2.45, 2.75) is 44.2 Å². The fraction of sp³-hybridized carbons (Fsp3) is 0.846. The van der Waals surface area contributed by atoms with Crippen molar-refractivity contribution in [1.82, 2.24) is 5.32 Å². The standard InChI is InChI=1S/C13H25NO2/c1-3-4-5-13(11-6-7-11)14-9-8-12(15)10-16-2/h3,11-15H,1,4-10H2,2H3. The van der Waals surface area contributed by atoms with E-state index in [9.17, 15) is 5.11 Å². The molecule has 2 N–H and O–H groups in total. The molecule has 1 rings (SSSR count). The van der Waals surface area contributed by atoms with Crippen LogP contribution in [0.25, 0.3) is 0 Å². The second-order valence-electron chi connectivity index (χ2n) is 4.66. The molecule has 3 heteroatoms. The van der Waals surface area contributed by atoms with Crippen molar-refractivity contribution in [3.8, 4) is 0 Å². The molecule has 1 fully saturated rings. The monoisotopic (exact) mass is 227 g/mol. The Morgan fingerprint density at radius 2 is 2.25 bits per heavy atom. The molecule has 1 saturated carbocycles. The van der Waals surface area contributed by atoms with E-state index in [0.29, 0.717) is 12.6 Å². The van der Waals surface area contributed by atoms with Gasteiger partial charge in [-0.1, -0.05) is 6.08 Å². The molecule has 0 radical (unpaired) electrons. The molecule has 3 nitrogen and oxygen atoms in total. The maximum absolute atomic E-state index is 9.51. The molecule has 1 aliphatic carbocycles. The topological polar surface area (TPSA) is 41.5 Å². The minimum absolute atomic E-state index is 0.336. The van der Waals surface area contributed by atoms with Crippen molar-refractivity contribution in [1.29, 1.82) is 0 Å². The Kier molecular flexibility index (Phi) is 6.69. The maximum atomic E-state index is 9.51. The second kappa shape index (κ2) is 7.82. The molecule has 0 aliphatic heterocycles. The van der Waals surface area contributed by atoms with Crippen molar-refractivity contribution < 1.29 is 9.84 Å². The molecule has 0 amide bonds. The molecular weight excluding hydrogens is 202 g/mol. The fourth-order valence-electron chi connectivity index (χ4n) is 2.01. The highest BCUT2D eigenvalue weighted by molar-refractivity contribution is 4.88. The highest BCUT2D eigenvalue weighted by atomic mass is 16.5. The van der Waals surface area contributed by atoms with E-state index in [1.165, 1.54) is 19.3 Å². The largest absolute Gasteiger partial charge is 0.391 e. The Hall–Kier alpha value is -0.380. The number of aliphatic hydroxyl groups excluding tert-OH is 1. The number of aliphatic hydroxyl groups is 1. The van der Waals surface area contributed by atoms with Crippen molar-refractivity contribution >= 4 is 0 Å². The molecule has 1 aliphatic rings. The minimum Gasteiger partial charge on any atom is -0.391 e. The number of hydrogen-bond acceptors (Lipinski definition) is 3. The molecule has 0 bridgehead atoms. The smallest absolute Gasteiger partial charge is 0.0785 e. The molecule has 0 heterocycles. The van der Waals surface area contributed by atoms with Gasteiger partial charge in [-0.3, -0.25) is 0 Å². The Bertz CT molecular complexity index is 192. The van der Waals surface area contributed by atoms with E-state index in [1.54, 1.807) is 7.11 Å². The summed E-state index contributed by atoms with van der Waals surface area (Å²) in [5, 5.41) is 13.1. The van der Waals surface area contributed by atoms with Gasteiger partial charge in [0.2, 0.25) is 0 Å². The highest BCUT2D eigenvalue weighted by Crippen LogP contribution is 2.34. The van der Waals surface area contributed by atoms with Crippen LogP contribution in [0.3, 0.4) is 0 Å². The van der Waals surface area contributed by atoms with E-state index in [2.05, 4.69) is 11.9 Å². The summed E-state index contributed by atoms with van der Waals surface area (Å²) in [6, 6.07) is 0.618. The van der Waals surface area contributed by atoms with Crippen LogP contribution in [0, 0.1) is 5.92 Å². The van der Waals surface area contributed by atoms with Gasteiger partial charge in [-0.05, 0) is 44.6 Å². The zero-order valence-electron chi connectivity index (χ0n) is 10.3. The Balaban J connectivity index is 2.09. The summed E-state index contributed by atoms with van der Waals surface area (Å²) in [5.41, 5.74) is 0. The SMILES string of the molecule is C=CCCC(NCCC(O)COC)C1CC1. The van der Waals surface area contributed by atoms with Crippen LogP contribution < -0.4 is 5.32 Å². The highest BCUT2D eigenvalue weighted by Gasteiger charge is 2.29. The first-order valence-corrected chi connectivity index (χ1v) is 6.29. The van der Waals surface area contributed by atoms with E-state index in [0.717, 1.165) is 25.3 Å². The number of nitrogens with one attached hydrogen (secondary N) is 1. The molecular formula is C13H25NO2. The van der Waals surface area contributed by atoms with Gasteiger partial charge in [0, 0.05) is 13.2 Å². The first kappa shape index (κ1) is 13.7. The summed E-state index contributed by atoms with van der Waals surface area (Å²) in [7, 11) is 1.62. The molecule has 0 spiro atoms. The normalized spacial score (nSPS) is 19.4. The van der Waals surface area contributed by atoms with Crippen LogP contribution in [-0.4, -0.2) is 37.5 Å². The quantitative estimate of drug-likeness (QED) is 0.558. The van der Waals surface area contributed by atoms with Gasteiger partial charge in [-0.15, -0.1) is 6.58 Å². The van der Waals surface area contributed by atoms with E-state index in [-0.39, 0.29) is 6.10 Å². The molecule has 16 heavy (non-hydrogen) atoms. The molecule has 0 saturated heterocycles. The van der Waals surface area contributed by atoms with Gasteiger partial charge in [-0.25, -0.2) is 0 Å². The number of allylic oxidation sites excluding steroid dienone is 1. The molecule has 2 unspecified atom stereocenters. The first-order valence-electron chi connectivity index (χ1n) is 6.29. The summed E-state index contributed by atoms with van der Waals surface area (Å²) in [6.07, 6.45) is 7.38. The van der Waals surface area contributed by atoms with Gasteiger partial charge >= 0.3 is 0 Å². The van der Waals surface area contributed by atoms with Gasteiger partial charge < -0.3 is 15.2 Å². The third-order valence-corrected chi connectivity index (χ3v) is 3.12. The third-order valence-electron chi connectivity index (χ3n) is 3.12. The number of methoxy groups -OCH3 is 1. The molecule has 0 aromatic heterocycles. The summed E-state index contributed by atoms with van der Waals surface area (Å²) < 4.78 is 4.89. The lowest BCUT2D eigenvalue weighted by Gasteiger charge is -2.18. The molecule has 0 aromatic rings. The van der Waals surface area contributed by atoms with Crippen LogP contribution in [0.5, 0.6) is 0 Å². The lowest BCUT2D eigenvalue weighted by molar-refractivity contribution is 0.0588. The minimum atomic E-state index is -0.336. The fourth-order valence-corrected chi connectivity index (χ4v) is 2.01. The van der Waals surface area contributed by atoms with E-state index in [1.807, 2.05) is 6.08 Å². The van der Waals surface area contributed by atoms with Crippen LogP contribution in [0.2, 0.25) is 0 Å². The summed E-state index contributed by atoms with van der Waals surface area (Å²) >= 11 is 0. The van der Waals surface area contributed by atoms with Crippen molar-refractivity contribution in [2.24, 2.45) is 5.92 Å². The average molecular weight is 227 g/mol. The van der Waals surface area contributed by atoms with Crippen LogP contribution in [0.1, 0.15) is 32.1 Å². The Labute approximate surface area is 98.9 Å². The zero-order valence-corrected chi connectivity index (χ0v) is 10.3. The summed E-state index contributed by atoms with van der Waals surface area (Å²) in [6.45, 7) is 5.07. The van der Waals surface area contributed by atoms with Gasteiger partial charge in [0.05, 0.1) is 12.7 Å². The van der Waals surface area contributed by atoms with Crippen LogP contribution in [-0.2, 0) is 4.74 Å². The summed E-state index contributed by atoms with van der Waals surface area (Å²) in [4.78, 5) is 0. The van der Waals surface area contributed by atoms with Crippen LogP contribution in [0.4, 0.5) is 0 Å². The third kappa shape index (κ3) is 5.64. The van der Waals surface area contributed by atoms with E-state index >= 15 is 0 Å². The van der Waals surface area contributed by atoms with E-state index in [4.69, 9.17) is 4.74 Å². The van der Waals surface area contributed by atoms with Gasteiger partial charge in [0.1, 0.15) is 0 Å². The predicted octanol–water partition coefficient (Wildman–Crippen LogP) is 1.72. The van der Waals surface area contributed by atoms with Crippen LogP contribution in [0.15, 0.2) is 12.7 Å².